The minimum absolute atomic E-state index is 0.0641. The highest BCUT2D eigenvalue weighted by atomic mass is 16.2. The van der Waals surface area contributed by atoms with Gasteiger partial charge in [-0.15, -0.1) is 0 Å². The quantitative estimate of drug-likeness (QED) is 0.696. The van der Waals surface area contributed by atoms with Crippen molar-refractivity contribution >= 4 is 11.6 Å². The lowest BCUT2D eigenvalue weighted by Crippen LogP contribution is -2.38. The second-order valence-corrected chi connectivity index (χ2v) is 3.01. The van der Waals surface area contributed by atoms with Gasteiger partial charge in [-0.1, -0.05) is 18.2 Å². The second kappa shape index (κ2) is 3.94. The fourth-order valence-electron chi connectivity index (χ4n) is 1.24. The third-order valence-corrected chi connectivity index (χ3v) is 1.80. The van der Waals surface area contributed by atoms with E-state index in [-0.39, 0.29) is 5.91 Å². The van der Waals surface area contributed by atoms with Gasteiger partial charge in [0.2, 0.25) is 5.91 Å². The summed E-state index contributed by atoms with van der Waals surface area (Å²) in [5.41, 5.74) is 4.84. The SMILES string of the molecule is CC(=O)NN(C)c1ccccc1C. The molecule has 1 aromatic carbocycles. The summed E-state index contributed by atoms with van der Waals surface area (Å²) in [5, 5.41) is 1.72. The lowest BCUT2D eigenvalue weighted by atomic mass is 10.2. The summed E-state index contributed by atoms with van der Waals surface area (Å²) < 4.78 is 0. The van der Waals surface area contributed by atoms with Crippen molar-refractivity contribution in [3.63, 3.8) is 0 Å². The molecule has 70 valence electrons. The van der Waals surface area contributed by atoms with Crippen LogP contribution in [0.15, 0.2) is 24.3 Å². The Morgan fingerprint density at radius 2 is 2.00 bits per heavy atom. The highest BCUT2D eigenvalue weighted by Crippen LogP contribution is 2.15. The Morgan fingerprint density at radius 1 is 1.38 bits per heavy atom. The Morgan fingerprint density at radius 3 is 2.54 bits per heavy atom. The second-order valence-electron chi connectivity index (χ2n) is 3.01. The van der Waals surface area contributed by atoms with Gasteiger partial charge in [0.05, 0.1) is 5.69 Å². The zero-order valence-electron chi connectivity index (χ0n) is 8.16. The van der Waals surface area contributed by atoms with Gasteiger partial charge < -0.3 is 0 Å². The maximum absolute atomic E-state index is 10.8. The number of hydrazine groups is 1. The van der Waals surface area contributed by atoms with Crippen LogP contribution in [0.4, 0.5) is 5.69 Å². The fraction of sp³-hybridized carbons (Fsp3) is 0.300. The lowest BCUT2D eigenvalue weighted by molar-refractivity contribution is -0.119. The molecule has 0 heterocycles. The molecule has 0 spiro atoms. The first kappa shape index (κ1) is 9.58. The summed E-state index contributed by atoms with van der Waals surface area (Å²) >= 11 is 0. The Bertz CT molecular complexity index is 310. The number of benzene rings is 1. The summed E-state index contributed by atoms with van der Waals surface area (Å²) in [6, 6.07) is 7.89. The van der Waals surface area contributed by atoms with Gasteiger partial charge in [-0.05, 0) is 18.6 Å². The van der Waals surface area contributed by atoms with Crippen molar-refractivity contribution in [1.29, 1.82) is 0 Å². The zero-order valence-corrected chi connectivity index (χ0v) is 8.16. The zero-order chi connectivity index (χ0) is 9.84. The molecule has 0 saturated heterocycles. The molecule has 0 fully saturated rings. The molecule has 0 saturated carbocycles. The van der Waals surface area contributed by atoms with Crippen molar-refractivity contribution in [1.82, 2.24) is 5.43 Å². The molecule has 1 aromatic rings. The van der Waals surface area contributed by atoms with Crippen LogP contribution in [0.5, 0.6) is 0 Å². The molecule has 0 aliphatic carbocycles. The average molecular weight is 178 g/mol. The predicted molar refractivity (Wildman–Crippen MR) is 53.4 cm³/mol. The van der Waals surface area contributed by atoms with Crippen LogP contribution in [0.1, 0.15) is 12.5 Å². The summed E-state index contributed by atoms with van der Waals surface area (Å²) in [7, 11) is 1.82. The monoisotopic (exact) mass is 178 g/mol. The van der Waals surface area contributed by atoms with E-state index in [2.05, 4.69) is 5.43 Å². The molecule has 0 radical (unpaired) electrons. The van der Waals surface area contributed by atoms with E-state index in [1.165, 1.54) is 6.92 Å². The number of nitrogens with zero attached hydrogens (tertiary/aromatic N) is 1. The Kier molecular flexibility index (Phi) is 2.90. The summed E-state index contributed by atoms with van der Waals surface area (Å²) in [6.45, 7) is 3.50. The van der Waals surface area contributed by atoms with E-state index in [0.717, 1.165) is 11.3 Å². The lowest BCUT2D eigenvalue weighted by Gasteiger charge is -2.20. The molecule has 0 atom stereocenters. The molecule has 13 heavy (non-hydrogen) atoms. The van der Waals surface area contributed by atoms with Crippen LogP contribution in [-0.4, -0.2) is 13.0 Å². The van der Waals surface area contributed by atoms with E-state index in [1.54, 1.807) is 5.01 Å². The first-order valence-corrected chi connectivity index (χ1v) is 4.18. The third kappa shape index (κ3) is 2.47. The minimum Gasteiger partial charge on any atom is -0.288 e. The van der Waals surface area contributed by atoms with Crippen LogP contribution in [-0.2, 0) is 4.79 Å². The number of amides is 1. The standard InChI is InChI=1S/C10H14N2O/c1-8-6-4-5-7-10(8)12(3)11-9(2)13/h4-7H,1-3H3,(H,11,13). The fourth-order valence-corrected chi connectivity index (χ4v) is 1.24. The van der Waals surface area contributed by atoms with Crippen LogP contribution in [0.2, 0.25) is 0 Å². The highest BCUT2D eigenvalue weighted by molar-refractivity contribution is 5.75. The number of rotatable bonds is 2. The number of carbonyl (C=O) groups excluding carboxylic acids is 1. The van der Waals surface area contributed by atoms with Crippen LogP contribution in [0, 0.1) is 6.92 Å². The molecule has 1 rings (SSSR count). The van der Waals surface area contributed by atoms with Crippen LogP contribution in [0.25, 0.3) is 0 Å². The number of hydrogen-bond acceptors (Lipinski definition) is 2. The molecule has 0 aromatic heterocycles. The van der Waals surface area contributed by atoms with E-state index in [1.807, 2.05) is 38.2 Å². The molecule has 0 aliphatic rings. The van der Waals surface area contributed by atoms with Gasteiger partial charge in [-0.2, -0.15) is 0 Å². The van der Waals surface area contributed by atoms with Gasteiger partial charge in [0.25, 0.3) is 0 Å². The molecule has 1 N–H and O–H groups in total. The van der Waals surface area contributed by atoms with Gasteiger partial charge >= 0.3 is 0 Å². The van der Waals surface area contributed by atoms with Crippen molar-refractivity contribution in [3.8, 4) is 0 Å². The number of carbonyl (C=O) groups is 1. The largest absolute Gasteiger partial charge is 0.288 e. The number of nitrogens with one attached hydrogen (secondary N) is 1. The van der Waals surface area contributed by atoms with Crippen molar-refractivity contribution in [2.75, 3.05) is 12.1 Å². The molecular formula is C10H14N2O. The first-order valence-electron chi connectivity index (χ1n) is 4.18. The van der Waals surface area contributed by atoms with Gasteiger partial charge in [0, 0.05) is 14.0 Å². The van der Waals surface area contributed by atoms with Crippen molar-refractivity contribution in [2.45, 2.75) is 13.8 Å². The molecule has 3 heteroatoms. The Hall–Kier alpha value is -1.51. The molecular weight excluding hydrogens is 164 g/mol. The van der Waals surface area contributed by atoms with Gasteiger partial charge in [-0.3, -0.25) is 15.2 Å². The minimum atomic E-state index is -0.0641. The maximum atomic E-state index is 10.8. The Labute approximate surface area is 78.3 Å². The van der Waals surface area contributed by atoms with E-state index in [9.17, 15) is 4.79 Å². The van der Waals surface area contributed by atoms with E-state index in [0.29, 0.717) is 0 Å². The normalized spacial score (nSPS) is 9.46. The van der Waals surface area contributed by atoms with Crippen LogP contribution in [0.3, 0.4) is 0 Å². The van der Waals surface area contributed by atoms with Crippen molar-refractivity contribution in [3.05, 3.63) is 29.8 Å². The predicted octanol–water partition coefficient (Wildman–Crippen LogP) is 1.48. The number of hydrogen-bond donors (Lipinski definition) is 1. The molecule has 0 bridgehead atoms. The van der Waals surface area contributed by atoms with Crippen LogP contribution >= 0.6 is 0 Å². The van der Waals surface area contributed by atoms with E-state index in [4.69, 9.17) is 0 Å². The van der Waals surface area contributed by atoms with Crippen molar-refractivity contribution in [2.24, 2.45) is 0 Å². The molecule has 3 nitrogen and oxygen atoms in total. The summed E-state index contributed by atoms with van der Waals surface area (Å²) in [4.78, 5) is 10.8. The molecule has 0 aliphatic heterocycles. The van der Waals surface area contributed by atoms with Gasteiger partial charge in [0.1, 0.15) is 0 Å². The number of aryl methyl sites for hydroxylation is 1. The van der Waals surface area contributed by atoms with Gasteiger partial charge in [-0.25, -0.2) is 0 Å². The van der Waals surface area contributed by atoms with E-state index < -0.39 is 0 Å². The van der Waals surface area contributed by atoms with E-state index >= 15 is 0 Å². The number of anilines is 1. The molecule has 1 amide bonds. The highest BCUT2D eigenvalue weighted by Gasteiger charge is 2.03. The van der Waals surface area contributed by atoms with Gasteiger partial charge in [0.15, 0.2) is 0 Å². The Balaban J connectivity index is 2.82. The van der Waals surface area contributed by atoms with Crippen LogP contribution < -0.4 is 10.4 Å². The summed E-state index contributed by atoms with van der Waals surface area (Å²) in [6.07, 6.45) is 0. The molecule has 0 unspecified atom stereocenters. The maximum Gasteiger partial charge on any atom is 0.235 e. The topological polar surface area (TPSA) is 32.3 Å². The summed E-state index contributed by atoms with van der Waals surface area (Å²) in [5.74, 6) is -0.0641. The number of para-hydroxylation sites is 1. The smallest absolute Gasteiger partial charge is 0.235 e. The third-order valence-electron chi connectivity index (χ3n) is 1.80. The average Bonchev–Trinajstić information content (AvgIpc) is 2.03. The first-order chi connectivity index (χ1) is 6.11. The van der Waals surface area contributed by atoms with Crippen molar-refractivity contribution < 1.29 is 4.79 Å².